The lowest BCUT2D eigenvalue weighted by Crippen LogP contribution is -2.44. The summed E-state index contributed by atoms with van der Waals surface area (Å²) in [5.74, 6) is 0.466. The van der Waals surface area contributed by atoms with Gasteiger partial charge in [-0.1, -0.05) is 13.3 Å². The molecule has 7 nitrogen and oxygen atoms in total. The fourth-order valence-electron chi connectivity index (χ4n) is 4.44. The molecule has 0 radical (unpaired) electrons. The Morgan fingerprint density at radius 2 is 2.12 bits per heavy atom. The van der Waals surface area contributed by atoms with E-state index in [0.717, 1.165) is 44.5 Å². The molecule has 0 bridgehead atoms. The number of nitrogens with zero attached hydrogens (tertiary/aromatic N) is 4. The second kappa shape index (κ2) is 7.25. The zero-order chi connectivity index (χ0) is 18.0. The topological polar surface area (TPSA) is 89.8 Å². The highest BCUT2D eigenvalue weighted by atomic mass is 16.4. The molecule has 7 heteroatoms. The molecule has 138 valence electrons. The quantitative estimate of drug-likeness (QED) is 0.802. The third-order valence-corrected chi connectivity index (χ3v) is 5.82. The maximum Gasteiger partial charge on any atom is 0.323 e. The number of carboxylic acids is 1. The largest absolute Gasteiger partial charge is 0.480 e. The van der Waals surface area contributed by atoms with E-state index in [4.69, 9.17) is 5.11 Å². The molecule has 1 aromatic rings. The Balaban J connectivity index is 1.61. The smallest absolute Gasteiger partial charge is 0.323 e. The number of aliphatic carboxylic acids is 1. The number of hydrogen-bond acceptors (Lipinski definition) is 6. The molecule has 0 aromatic carbocycles. The van der Waals surface area contributed by atoms with Crippen molar-refractivity contribution in [1.82, 2.24) is 14.9 Å². The summed E-state index contributed by atoms with van der Waals surface area (Å²) >= 11 is 0. The van der Waals surface area contributed by atoms with Crippen molar-refractivity contribution in [2.24, 2.45) is 11.8 Å². The highest BCUT2D eigenvalue weighted by Crippen LogP contribution is 2.44. The molecule has 2 heterocycles. The van der Waals surface area contributed by atoms with Crippen LogP contribution in [0.2, 0.25) is 0 Å². The summed E-state index contributed by atoms with van der Waals surface area (Å²) in [6.07, 6.45) is 7.62. The van der Waals surface area contributed by atoms with Crippen molar-refractivity contribution < 1.29 is 15.0 Å². The predicted molar refractivity (Wildman–Crippen MR) is 94.3 cm³/mol. The van der Waals surface area contributed by atoms with E-state index in [-0.39, 0.29) is 6.54 Å². The summed E-state index contributed by atoms with van der Waals surface area (Å²) in [7, 11) is 1.67. The van der Waals surface area contributed by atoms with Gasteiger partial charge in [-0.2, -0.15) is 0 Å². The summed E-state index contributed by atoms with van der Waals surface area (Å²) in [6, 6.07) is 0. The number of anilines is 1. The van der Waals surface area contributed by atoms with Gasteiger partial charge in [0.15, 0.2) is 0 Å². The van der Waals surface area contributed by atoms with E-state index in [1.54, 1.807) is 19.4 Å². The molecule has 25 heavy (non-hydrogen) atoms. The molecule has 3 rings (SSSR count). The molecule has 0 unspecified atom stereocenters. The Labute approximate surface area is 148 Å². The third kappa shape index (κ3) is 3.93. The second-order valence-corrected chi connectivity index (χ2v) is 7.55. The lowest BCUT2D eigenvalue weighted by molar-refractivity contribution is -0.135. The molecule has 1 aliphatic heterocycles. The van der Waals surface area contributed by atoms with Gasteiger partial charge in [0.1, 0.15) is 6.54 Å². The van der Waals surface area contributed by atoms with Crippen molar-refractivity contribution in [2.45, 2.75) is 44.8 Å². The number of aromatic nitrogens is 2. The summed E-state index contributed by atoms with van der Waals surface area (Å²) in [5.41, 5.74) is 0.517. The molecule has 1 saturated heterocycles. The maximum atomic E-state index is 10.9. The average molecular weight is 348 g/mol. The van der Waals surface area contributed by atoms with Crippen LogP contribution in [0.4, 0.5) is 5.95 Å². The van der Waals surface area contributed by atoms with E-state index in [2.05, 4.69) is 21.8 Å². The lowest BCUT2D eigenvalue weighted by atomic mass is 9.69. The molecule has 2 fully saturated rings. The standard InChI is InChI=1S/C18H28N4O3/c1-3-18(25)6-4-5-14-10-22(11-15(14)18)9-13-7-19-17(20-8-13)21(2)12-16(23)24/h7-8,14-15,25H,3-6,9-12H2,1-2H3,(H,23,24)/t14-,15+,18-/m0/s1. The predicted octanol–water partition coefficient (Wildman–Crippen LogP) is 1.37. The number of fused-ring (bicyclic) bond motifs is 1. The maximum absolute atomic E-state index is 10.9. The number of rotatable bonds is 6. The van der Waals surface area contributed by atoms with Gasteiger partial charge in [-0.15, -0.1) is 0 Å². The number of carbonyl (C=O) groups is 1. The minimum absolute atomic E-state index is 0.121. The van der Waals surface area contributed by atoms with Crippen LogP contribution in [0.15, 0.2) is 12.4 Å². The van der Waals surface area contributed by atoms with Gasteiger partial charge in [-0.25, -0.2) is 9.97 Å². The van der Waals surface area contributed by atoms with Crippen LogP contribution in [0.1, 0.15) is 38.2 Å². The van der Waals surface area contributed by atoms with E-state index in [0.29, 0.717) is 17.8 Å². The van der Waals surface area contributed by atoms with E-state index in [1.165, 1.54) is 11.3 Å². The molecule has 1 aliphatic carbocycles. The monoisotopic (exact) mass is 348 g/mol. The Kier molecular flexibility index (Phi) is 5.24. The van der Waals surface area contributed by atoms with Gasteiger partial charge in [0.05, 0.1) is 5.60 Å². The second-order valence-electron chi connectivity index (χ2n) is 7.55. The van der Waals surface area contributed by atoms with Crippen LogP contribution in [0.25, 0.3) is 0 Å². The van der Waals surface area contributed by atoms with Crippen LogP contribution in [0.5, 0.6) is 0 Å². The molecule has 1 saturated carbocycles. The number of likely N-dealkylation sites (tertiary alicyclic amines) is 1. The number of aliphatic hydroxyl groups is 1. The van der Waals surface area contributed by atoms with E-state index < -0.39 is 11.6 Å². The average Bonchev–Trinajstić information content (AvgIpc) is 2.99. The van der Waals surface area contributed by atoms with Crippen LogP contribution in [0.3, 0.4) is 0 Å². The zero-order valence-electron chi connectivity index (χ0n) is 15.1. The minimum atomic E-state index is -0.904. The van der Waals surface area contributed by atoms with Gasteiger partial charge in [0.25, 0.3) is 0 Å². The van der Waals surface area contributed by atoms with E-state index >= 15 is 0 Å². The Morgan fingerprint density at radius 1 is 1.40 bits per heavy atom. The first-order valence-corrected chi connectivity index (χ1v) is 9.10. The van der Waals surface area contributed by atoms with Crippen LogP contribution in [0, 0.1) is 11.8 Å². The molecule has 1 aromatic heterocycles. The highest BCUT2D eigenvalue weighted by Gasteiger charge is 2.47. The van der Waals surface area contributed by atoms with E-state index in [9.17, 15) is 9.90 Å². The van der Waals surface area contributed by atoms with Crippen molar-refractivity contribution in [3.8, 4) is 0 Å². The summed E-state index contributed by atoms with van der Waals surface area (Å²) in [4.78, 5) is 23.2. The van der Waals surface area contributed by atoms with Gasteiger partial charge in [-0.3, -0.25) is 9.69 Å². The van der Waals surface area contributed by atoms with Gasteiger partial charge >= 0.3 is 5.97 Å². The summed E-state index contributed by atoms with van der Waals surface area (Å²) in [6.45, 7) is 4.69. The normalized spacial score (nSPS) is 29.4. The number of hydrogen-bond donors (Lipinski definition) is 2. The Bertz CT molecular complexity index is 609. The summed E-state index contributed by atoms with van der Waals surface area (Å²) in [5, 5.41) is 19.7. The highest BCUT2D eigenvalue weighted by molar-refractivity contribution is 5.72. The molecule has 0 amide bonds. The fourth-order valence-corrected chi connectivity index (χ4v) is 4.44. The lowest BCUT2D eigenvalue weighted by Gasteiger charge is -2.40. The number of carboxylic acid groups (broad SMARTS) is 1. The molecular formula is C18H28N4O3. The molecular weight excluding hydrogens is 320 g/mol. The van der Waals surface area contributed by atoms with Crippen molar-refractivity contribution in [3.63, 3.8) is 0 Å². The molecule has 2 N–H and O–H groups in total. The molecule has 3 atom stereocenters. The van der Waals surface area contributed by atoms with Crippen molar-refractivity contribution in [3.05, 3.63) is 18.0 Å². The SMILES string of the molecule is CC[C@]1(O)CCC[C@H]2CN(Cc3cnc(N(C)CC(=O)O)nc3)C[C@H]21. The minimum Gasteiger partial charge on any atom is -0.480 e. The van der Waals surface area contributed by atoms with Crippen LogP contribution in [-0.2, 0) is 11.3 Å². The first kappa shape index (κ1) is 18.1. The van der Waals surface area contributed by atoms with Crippen molar-refractivity contribution >= 4 is 11.9 Å². The van der Waals surface area contributed by atoms with Crippen molar-refractivity contribution in [1.29, 1.82) is 0 Å². The number of likely N-dealkylation sites (N-methyl/N-ethyl adjacent to an activating group) is 1. The van der Waals surface area contributed by atoms with Gasteiger partial charge in [0.2, 0.25) is 5.95 Å². The zero-order valence-corrected chi connectivity index (χ0v) is 15.1. The third-order valence-electron chi connectivity index (χ3n) is 5.82. The Morgan fingerprint density at radius 3 is 2.76 bits per heavy atom. The van der Waals surface area contributed by atoms with Crippen molar-refractivity contribution in [2.75, 3.05) is 31.6 Å². The van der Waals surface area contributed by atoms with E-state index in [1.807, 2.05) is 0 Å². The Hall–Kier alpha value is -1.73. The van der Waals surface area contributed by atoms with Gasteiger partial charge in [0, 0.05) is 50.6 Å². The summed E-state index contributed by atoms with van der Waals surface area (Å²) < 4.78 is 0. The van der Waals surface area contributed by atoms with Crippen LogP contribution < -0.4 is 4.90 Å². The van der Waals surface area contributed by atoms with Crippen LogP contribution in [-0.4, -0.2) is 63.3 Å². The fraction of sp³-hybridized carbons (Fsp3) is 0.722. The first-order valence-electron chi connectivity index (χ1n) is 9.10. The van der Waals surface area contributed by atoms with Crippen LogP contribution >= 0.6 is 0 Å². The molecule has 0 spiro atoms. The van der Waals surface area contributed by atoms with Gasteiger partial charge in [-0.05, 0) is 25.2 Å². The first-order chi connectivity index (χ1) is 11.9. The molecule has 2 aliphatic rings. The van der Waals surface area contributed by atoms with Gasteiger partial charge < -0.3 is 15.1 Å².